The number of amides is 3. The molecule has 132 valence electrons. The first-order chi connectivity index (χ1) is 11.5. The van der Waals surface area contributed by atoms with Crippen LogP contribution in [0.3, 0.4) is 0 Å². The van der Waals surface area contributed by atoms with E-state index in [-0.39, 0.29) is 17.8 Å². The van der Waals surface area contributed by atoms with Gasteiger partial charge in [-0.25, -0.2) is 9.18 Å². The van der Waals surface area contributed by atoms with Crippen LogP contribution in [0.15, 0.2) is 18.2 Å². The lowest BCUT2D eigenvalue weighted by Gasteiger charge is -2.34. The van der Waals surface area contributed by atoms with Gasteiger partial charge in [0.05, 0.1) is 6.54 Å². The highest BCUT2D eigenvalue weighted by Crippen LogP contribution is 2.09. The second-order valence-electron chi connectivity index (χ2n) is 5.96. The quantitative estimate of drug-likeness (QED) is 0.846. The van der Waals surface area contributed by atoms with Crippen LogP contribution in [0.4, 0.5) is 9.18 Å². The number of aryl methyl sites for hydroxylation is 1. The smallest absolute Gasteiger partial charge is 0.317 e. The second kappa shape index (κ2) is 8.63. The molecule has 1 aliphatic heterocycles. The first kappa shape index (κ1) is 18.2. The lowest BCUT2D eigenvalue weighted by Crippen LogP contribution is -2.53. The van der Waals surface area contributed by atoms with Crippen LogP contribution in [0.1, 0.15) is 18.1 Å². The van der Waals surface area contributed by atoms with Gasteiger partial charge in [-0.05, 0) is 31.0 Å². The van der Waals surface area contributed by atoms with Crippen LogP contribution in [0.25, 0.3) is 0 Å². The molecule has 1 fully saturated rings. The summed E-state index contributed by atoms with van der Waals surface area (Å²) in [5.41, 5.74) is 1.45. The molecule has 1 heterocycles. The molecule has 7 heteroatoms. The Morgan fingerprint density at radius 3 is 2.50 bits per heavy atom. The third-order valence-corrected chi connectivity index (χ3v) is 4.07. The van der Waals surface area contributed by atoms with Gasteiger partial charge in [-0.3, -0.25) is 9.69 Å². The van der Waals surface area contributed by atoms with Crippen LogP contribution < -0.4 is 10.6 Å². The maximum Gasteiger partial charge on any atom is 0.317 e. The van der Waals surface area contributed by atoms with E-state index in [0.29, 0.717) is 51.4 Å². The molecule has 24 heavy (non-hydrogen) atoms. The Hall–Kier alpha value is -2.15. The summed E-state index contributed by atoms with van der Waals surface area (Å²) in [6, 6.07) is 4.78. The standard InChI is InChI=1S/C17H25FN4O2/c1-3-19-17(24)22-8-6-21(7-9-22)12-16(23)20-11-14-4-5-15(18)13(2)10-14/h4-5,10H,3,6-9,11-12H2,1-2H3,(H,19,24)(H,20,23). The van der Waals surface area contributed by atoms with Crippen LogP contribution >= 0.6 is 0 Å². The molecule has 0 atom stereocenters. The van der Waals surface area contributed by atoms with Gasteiger partial charge in [0.15, 0.2) is 0 Å². The van der Waals surface area contributed by atoms with Crippen molar-refractivity contribution < 1.29 is 14.0 Å². The van der Waals surface area contributed by atoms with Gasteiger partial charge in [0.2, 0.25) is 5.91 Å². The van der Waals surface area contributed by atoms with Gasteiger partial charge in [-0.2, -0.15) is 0 Å². The summed E-state index contributed by atoms with van der Waals surface area (Å²) >= 11 is 0. The average molecular weight is 336 g/mol. The molecule has 2 rings (SSSR count). The van der Waals surface area contributed by atoms with Gasteiger partial charge < -0.3 is 15.5 Å². The molecule has 1 saturated heterocycles. The van der Waals surface area contributed by atoms with Crippen molar-refractivity contribution in [2.45, 2.75) is 20.4 Å². The molecule has 1 aromatic carbocycles. The van der Waals surface area contributed by atoms with Crippen LogP contribution in [-0.2, 0) is 11.3 Å². The second-order valence-corrected chi connectivity index (χ2v) is 5.96. The molecule has 3 amide bonds. The number of halogens is 1. The van der Waals surface area contributed by atoms with Gasteiger partial charge in [0.1, 0.15) is 5.82 Å². The largest absolute Gasteiger partial charge is 0.351 e. The van der Waals surface area contributed by atoms with Crippen LogP contribution in [-0.4, -0.2) is 61.0 Å². The van der Waals surface area contributed by atoms with Crippen molar-refractivity contribution in [2.24, 2.45) is 0 Å². The van der Waals surface area contributed by atoms with Gasteiger partial charge >= 0.3 is 6.03 Å². The number of nitrogens with one attached hydrogen (secondary N) is 2. The number of nitrogens with zero attached hydrogens (tertiary/aromatic N) is 2. The Labute approximate surface area is 142 Å². The molecule has 6 nitrogen and oxygen atoms in total. The number of carbonyl (C=O) groups excluding carboxylic acids is 2. The molecule has 1 aliphatic rings. The Morgan fingerprint density at radius 1 is 1.17 bits per heavy atom. The molecule has 0 bridgehead atoms. The number of hydrogen-bond donors (Lipinski definition) is 2. The van der Waals surface area contributed by atoms with Gasteiger partial charge in [0.25, 0.3) is 0 Å². The minimum atomic E-state index is -0.241. The molecule has 0 spiro atoms. The lowest BCUT2D eigenvalue weighted by atomic mass is 10.1. The van der Waals surface area contributed by atoms with Crippen molar-refractivity contribution in [2.75, 3.05) is 39.3 Å². The SMILES string of the molecule is CCNC(=O)N1CCN(CC(=O)NCc2ccc(F)c(C)c2)CC1. The van der Waals surface area contributed by atoms with E-state index in [2.05, 4.69) is 10.6 Å². The monoisotopic (exact) mass is 336 g/mol. The molecule has 0 aliphatic carbocycles. The predicted molar refractivity (Wildman–Crippen MR) is 90.1 cm³/mol. The van der Waals surface area contributed by atoms with Gasteiger partial charge in [-0.15, -0.1) is 0 Å². The normalized spacial score (nSPS) is 15.2. The molecule has 2 N–H and O–H groups in total. The van der Waals surface area contributed by atoms with Crippen LogP contribution in [0, 0.1) is 12.7 Å². The minimum absolute atomic E-state index is 0.0479. The molecule has 0 saturated carbocycles. The number of piperazine rings is 1. The Kier molecular flexibility index (Phi) is 6.54. The summed E-state index contributed by atoms with van der Waals surface area (Å²) in [5.74, 6) is -0.307. The Balaban J connectivity index is 1.71. The first-order valence-corrected chi connectivity index (χ1v) is 8.26. The highest BCUT2D eigenvalue weighted by molar-refractivity contribution is 5.78. The fourth-order valence-corrected chi connectivity index (χ4v) is 2.65. The molecule has 0 radical (unpaired) electrons. The fraction of sp³-hybridized carbons (Fsp3) is 0.529. The summed E-state index contributed by atoms with van der Waals surface area (Å²) in [6.45, 7) is 7.51. The zero-order valence-corrected chi connectivity index (χ0v) is 14.3. The number of carbonyl (C=O) groups is 2. The molecular weight excluding hydrogens is 311 g/mol. The zero-order chi connectivity index (χ0) is 17.5. The minimum Gasteiger partial charge on any atom is -0.351 e. The molecule has 1 aromatic rings. The first-order valence-electron chi connectivity index (χ1n) is 8.26. The molecule has 0 aromatic heterocycles. The van der Waals surface area contributed by atoms with Crippen molar-refractivity contribution in [1.29, 1.82) is 0 Å². The summed E-state index contributed by atoms with van der Waals surface area (Å²) in [7, 11) is 0. The van der Waals surface area contributed by atoms with Crippen molar-refractivity contribution >= 4 is 11.9 Å². The van der Waals surface area contributed by atoms with E-state index in [1.807, 2.05) is 11.8 Å². The zero-order valence-electron chi connectivity index (χ0n) is 14.3. The van der Waals surface area contributed by atoms with Crippen LogP contribution in [0.2, 0.25) is 0 Å². The van der Waals surface area contributed by atoms with Gasteiger partial charge in [0, 0.05) is 39.3 Å². The maximum absolute atomic E-state index is 13.2. The van der Waals surface area contributed by atoms with E-state index in [1.165, 1.54) is 6.07 Å². The highest BCUT2D eigenvalue weighted by atomic mass is 19.1. The van der Waals surface area contributed by atoms with Crippen molar-refractivity contribution in [3.05, 3.63) is 35.1 Å². The summed E-state index contributed by atoms with van der Waals surface area (Å²) in [5, 5.41) is 5.63. The summed E-state index contributed by atoms with van der Waals surface area (Å²) in [4.78, 5) is 27.6. The lowest BCUT2D eigenvalue weighted by molar-refractivity contribution is -0.122. The van der Waals surface area contributed by atoms with E-state index >= 15 is 0 Å². The third kappa shape index (κ3) is 5.19. The topological polar surface area (TPSA) is 64.7 Å². The van der Waals surface area contributed by atoms with E-state index < -0.39 is 0 Å². The Bertz CT molecular complexity index is 586. The van der Waals surface area contributed by atoms with E-state index in [9.17, 15) is 14.0 Å². The van der Waals surface area contributed by atoms with Gasteiger partial charge in [-0.1, -0.05) is 12.1 Å². The highest BCUT2D eigenvalue weighted by Gasteiger charge is 2.21. The molecular formula is C17H25FN4O2. The van der Waals surface area contributed by atoms with Crippen LogP contribution in [0.5, 0.6) is 0 Å². The summed E-state index contributed by atoms with van der Waals surface area (Å²) in [6.07, 6.45) is 0. The predicted octanol–water partition coefficient (Wildman–Crippen LogP) is 1.10. The third-order valence-electron chi connectivity index (χ3n) is 4.07. The number of rotatable bonds is 5. The molecule has 0 unspecified atom stereocenters. The summed E-state index contributed by atoms with van der Waals surface area (Å²) < 4.78 is 13.2. The number of hydrogen-bond acceptors (Lipinski definition) is 3. The van der Waals surface area contributed by atoms with E-state index in [1.54, 1.807) is 24.0 Å². The van der Waals surface area contributed by atoms with Crippen molar-refractivity contribution in [3.8, 4) is 0 Å². The van der Waals surface area contributed by atoms with E-state index in [0.717, 1.165) is 5.56 Å². The van der Waals surface area contributed by atoms with Crippen molar-refractivity contribution in [1.82, 2.24) is 20.4 Å². The van der Waals surface area contributed by atoms with Crippen molar-refractivity contribution in [3.63, 3.8) is 0 Å². The number of urea groups is 1. The average Bonchev–Trinajstić information content (AvgIpc) is 2.57. The number of benzene rings is 1. The fourth-order valence-electron chi connectivity index (χ4n) is 2.65. The maximum atomic E-state index is 13.2. The Morgan fingerprint density at radius 2 is 1.88 bits per heavy atom. The van der Waals surface area contributed by atoms with E-state index in [4.69, 9.17) is 0 Å².